The van der Waals surface area contributed by atoms with Crippen LogP contribution < -0.4 is 41.0 Å². The van der Waals surface area contributed by atoms with Crippen molar-refractivity contribution in [2.24, 2.45) is 10.2 Å². The van der Waals surface area contributed by atoms with Crippen LogP contribution in [0.2, 0.25) is 0 Å². The third kappa shape index (κ3) is 8.09. The molecule has 0 aliphatic rings. The maximum Gasteiger partial charge on any atom is 1.00 e. The number of nitrogen functional groups attached to an aromatic ring is 2. The van der Waals surface area contributed by atoms with E-state index < -0.39 is 47.6 Å². The zero-order chi connectivity index (χ0) is 22.7. The van der Waals surface area contributed by atoms with Gasteiger partial charge in [-0.05, 0) is 36.4 Å². The molecule has 31 heavy (non-hydrogen) atoms. The zero-order valence-electron chi connectivity index (χ0n) is 15.9. The average Bonchev–Trinajstić information content (AvgIpc) is 2.59. The molecule has 0 fully saturated rings. The molecule has 0 spiro atoms. The van der Waals surface area contributed by atoms with E-state index in [1.54, 1.807) is 0 Å². The van der Waals surface area contributed by atoms with Crippen LogP contribution in [0.1, 0.15) is 0 Å². The summed E-state index contributed by atoms with van der Waals surface area (Å²) in [4.78, 5) is -0.883. The van der Waals surface area contributed by atoms with Crippen LogP contribution in [0.4, 0.5) is 22.7 Å². The van der Waals surface area contributed by atoms with Crippen LogP contribution in [-0.2, 0) is 34.5 Å². The predicted molar refractivity (Wildman–Crippen MR) is 103 cm³/mol. The van der Waals surface area contributed by atoms with Crippen molar-refractivity contribution < 1.29 is 68.1 Å². The molecular formula is C14H15N4NaO9S3. The second kappa shape index (κ2) is 10.3. The Labute approximate surface area is 200 Å². The van der Waals surface area contributed by atoms with E-state index in [1.807, 2.05) is 0 Å². The van der Waals surface area contributed by atoms with Crippen LogP contribution in [0, 0.1) is 0 Å². The molecule has 0 bridgehead atoms. The van der Waals surface area contributed by atoms with Gasteiger partial charge in [0.25, 0.3) is 0 Å². The smallest absolute Gasteiger partial charge is 0.744 e. The van der Waals surface area contributed by atoms with E-state index in [0.717, 1.165) is 24.3 Å². The number of benzene rings is 2. The molecule has 0 aromatic heterocycles. The van der Waals surface area contributed by atoms with Gasteiger partial charge in [0.15, 0.2) is 9.84 Å². The molecular weight excluding hydrogens is 487 g/mol. The normalized spacial score (nSPS) is 12.6. The largest absolute Gasteiger partial charge is 1.00 e. The summed E-state index contributed by atoms with van der Waals surface area (Å²) in [6, 6.07) is 6.76. The first-order chi connectivity index (χ1) is 13.7. The Morgan fingerprint density at radius 1 is 0.935 bits per heavy atom. The fourth-order valence-electron chi connectivity index (χ4n) is 2.11. The Balaban J connectivity index is 0.00000480. The molecule has 5 N–H and O–H groups in total. The van der Waals surface area contributed by atoms with E-state index in [1.165, 1.54) is 12.1 Å². The Morgan fingerprint density at radius 2 is 1.52 bits per heavy atom. The van der Waals surface area contributed by atoms with E-state index in [4.69, 9.17) is 16.0 Å². The number of hydrogen-bond acceptors (Lipinski definition) is 12. The number of rotatable bonds is 8. The van der Waals surface area contributed by atoms with Crippen molar-refractivity contribution in [3.05, 3.63) is 36.4 Å². The number of azo groups is 1. The first-order valence-electron chi connectivity index (χ1n) is 7.70. The minimum Gasteiger partial charge on any atom is -0.744 e. The van der Waals surface area contributed by atoms with Crippen LogP contribution >= 0.6 is 0 Å². The Morgan fingerprint density at radius 3 is 2.03 bits per heavy atom. The first-order valence-corrected chi connectivity index (χ1v) is 12.1. The van der Waals surface area contributed by atoms with Crippen molar-refractivity contribution in [2.75, 3.05) is 23.8 Å². The number of nitrogens with two attached hydrogens (primary N) is 2. The van der Waals surface area contributed by atoms with E-state index in [2.05, 4.69) is 14.4 Å². The summed E-state index contributed by atoms with van der Waals surface area (Å²) in [7, 11) is -13.5. The summed E-state index contributed by atoms with van der Waals surface area (Å²) >= 11 is 0. The van der Waals surface area contributed by atoms with Gasteiger partial charge in [0, 0.05) is 0 Å². The van der Waals surface area contributed by atoms with Gasteiger partial charge in [0.1, 0.15) is 15.8 Å². The van der Waals surface area contributed by atoms with Gasteiger partial charge < -0.3 is 16.0 Å². The van der Waals surface area contributed by atoms with Crippen LogP contribution in [0.3, 0.4) is 0 Å². The molecule has 0 saturated carbocycles. The summed E-state index contributed by atoms with van der Waals surface area (Å²) in [5.41, 5.74) is 10.8. The Hall–Kier alpha value is -1.63. The van der Waals surface area contributed by atoms with Crippen LogP contribution in [0.15, 0.2) is 56.4 Å². The standard InChI is InChI=1S/C14H16N4O9S3.Na/c15-11-7-12(16)14(29(21,22)23)8-13(11)18-17-9-1-3-10(4-2-9)28(19,20)6-5-27-30(24,25)26;/h1-4,7-8H,5-6,15-16H2,(H,21,22,23)(H,24,25,26);/q;+1/p-1. The molecule has 0 aliphatic carbocycles. The van der Waals surface area contributed by atoms with Crippen LogP contribution in [-0.4, -0.2) is 46.7 Å². The minimum atomic E-state index is -4.86. The molecule has 2 aromatic carbocycles. The van der Waals surface area contributed by atoms with Crippen molar-refractivity contribution in [1.82, 2.24) is 0 Å². The molecule has 0 radical (unpaired) electrons. The monoisotopic (exact) mass is 502 g/mol. The molecule has 0 atom stereocenters. The molecule has 0 unspecified atom stereocenters. The fraction of sp³-hybridized carbons (Fsp3) is 0.143. The van der Waals surface area contributed by atoms with Gasteiger partial charge in [0.2, 0.25) is 0 Å². The Bertz CT molecular complexity index is 1290. The van der Waals surface area contributed by atoms with Gasteiger partial charge in [-0.25, -0.2) is 21.0 Å². The molecule has 2 aromatic rings. The maximum absolute atomic E-state index is 12.1. The molecule has 2 rings (SSSR count). The fourth-order valence-corrected chi connectivity index (χ4v) is 4.20. The second-order valence-electron chi connectivity index (χ2n) is 5.67. The minimum absolute atomic E-state index is 0. The number of anilines is 2. The molecule has 0 aliphatic heterocycles. The van der Waals surface area contributed by atoms with Gasteiger partial charge in [0.05, 0.1) is 39.2 Å². The van der Waals surface area contributed by atoms with Crippen LogP contribution in [0.25, 0.3) is 0 Å². The summed E-state index contributed by atoms with van der Waals surface area (Å²) < 4.78 is 91.1. The third-order valence-corrected chi connectivity index (χ3v) is 6.53. The number of hydrogen-bond donors (Lipinski definition) is 3. The molecule has 0 amide bonds. The summed E-state index contributed by atoms with van der Waals surface area (Å²) in [6.45, 7) is -0.774. The third-order valence-electron chi connectivity index (χ3n) is 3.48. The molecule has 0 saturated heterocycles. The van der Waals surface area contributed by atoms with Gasteiger partial charge >= 0.3 is 40.0 Å². The Kier molecular flexibility index (Phi) is 9.13. The van der Waals surface area contributed by atoms with Crippen LogP contribution in [0.5, 0.6) is 0 Å². The van der Waals surface area contributed by atoms with Gasteiger partial charge in [-0.3, -0.25) is 4.55 Å². The van der Waals surface area contributed by atoms with E-state index >= 15 is 0 Å². The average molecular weight is 502 g/mol. The van der Waals surface area contributed by atoms with Crippen molar-refractivity contribution >= 4 is 53.1 Å². The SMILES string of the molecule is Nc1cc(N)c(S(=O)(=O)[O-])cc1N=Nc1ccc(S(=O)(=O)CCOS(=O)(=O)O)cc1.[Na+]. The van der Waals surface area contributed by atoms with Crippen molar-refractivity contribution in [3.63, 3.8) is 0 Å². The number of nitrogens with zero attached hydrogens (tertiary/aromatic N) is 2. The van der Waals surface area contributed by atoms with E-state index in [-0.39, 0.29) is 57.2 Å². The summed E-state index contributed by atoms with van der Waals surface area (Å²) in [6.07, 6.45) is 0. The predicted octanol–water partition coefficient (Wildman–Crippen LogP) is -2.23. The van der Waals surface area contributed by atoms with Gasteiger partial charge in [-0.2, -0.15) is 13.5 Å². The second-order valence-corrected chi connectivity index (χ2v) is 10.2. The van der Waals surface area contributed by atoms with E-state index in [9.17, 15) is 29.8 Å². The number of sulfone groups is 1. The van der Waals surface area contributed by atoms with E-state index in [0.29, 0.717) is 0 Å². The maximum atomic E-state index is 12.1. The van der Waals surface area contributed by atoms with Crippen molar-refractivity contribution in [1.29, 1.82) is 0 Å². The molecule has 0 heterocycles. The van der Waals surface area contributed by atoms with Gasteiger partial charge in [-0.15, -0.1) is 5.11 Å². The summed E-state index contributed by atoms with van der Waals surface area (Å²) in [5.74, 6) is -0.706. The zero-order valence-corrected chi connectivity index (χ0v) is 20.3. The molecule has 13 nitrogen and oxygen atoms in total. The molecule has 164 valence electrons. The first kappa shape index (κ1) is 27.4. The molecule has 17 heteroatoms. The van der Waals surface area contributed by atoms with Crippen molar-refractivity contribution in [2.45, 2.75) is 9.79 Å². The van der Waals surface area contributed by atoms with Crippen molar-refractivity contribution in [3.8, 4) is 0 Å². The topological polar surface area (TPSA) is 232 Å². The van der Waals surface area contributed by atoms with Gasteiger partial charge in [-0.1, -0.05) is 0 Å². The quantitative estimate of drug-likeness (QED) is 0.151. The summed E-state index contributed by atoms with van der Waals surface area (Å²) in [5, 5.41) is 7.52.